The second-order valence-corrected chi connectivity index (χ2v) is 4.91. The molecule has 0 unspecified atom stereocenters. The molecule has 0 bridgehead atoms. The zero-order valence-electron chi connectivity index (χ0n) is 11.3. The van der Waals surface area contributed by atoms with Crippen LogP contribution in [0.4, 0.5) is 0 Å². The van der Waals surface area contributed by atoms with Crippen LogP contribution in [-0.4, -0.2) is 9.55 Å². The molecule has 1 aromatic heterocycles. The summed E-state index contributed by atoms with van der Waals surface area (Å²) in [5, 5.41) is 8.94. The fourth-order valence-corrected chi connectivity index (χ4v) is 2.31. The van der Waals surface area contributed by atoms with E-state index in [0.29, 0.717) is 11.6 Å². The van der Waals surface area contributed by atoms with Crippen molar-refractivity contribution >= 4 is 11.0 Å². The molecular weight excluding hydrogens is 222 g/mol. The predicted molar refractivity (Wildman–Crippen MR) is 73.4 cm³/mol. The van der Waals surface area contributed by atoms with Gasteiger partial charge in [-0.3, -0.25) is 0 Å². The van der Waals surface area contributed by atoms with Crippen LogP contribution in [0.5, 0.6) is 0 Å². The Kier molecular flexibility index (Phi) is 3.66. The lowest BCUT2D eigenvalue weighted by molar-refractivity contribution is 0.574. The maximum absolute atomic E-state index is 8.94. The minimum Gasteiger partial charge on any atom is -0.325 e. The van der Waals surface area contributed by atoms with Crippen molar-refractivity contribution in [2.75, 3.05) is 0 Å². The molecule has 0 aliphatic rings. The van der Waals surface area contributed by atoms with Crippen LogP contribution >= 0.6 is 0 Å². The molecule has 0 N–H and O–H groups in total. The van der Waals surface area contributed by atoms with E-state index in [0.717, 1.165) is 29.7 Å². The van der Waals surface area contributed by atoms with Gasteiger partial charge in [-0.2, -0.15) is 5.26 Å². The second-order valence-electron chi connectivity index (χ2n) is 4.91. The molecule has 2 aromatic rings. The number of nitrogens with zero attached hydrogens (tertiary/aromatic N) is 3. The summed E-state index contributed by atoms with van der Waals surface area (Å²) in [5.41, 5.74) is 2.75. The van der Waals surface area contributed by atoms with Crippen LogP contribution in [0.25, 0.3) is 11.0 Å². The average Bonchev–Trinajstić information content (AvgIpc) is 2.73. The fourth-order valence-electron chi connectivity index (χ4n) is 2.31. The highest BCUT2D eigenvalue weighted by molar-refractivity contribution is 5.78. The van der Waals surface area contributed by atoms with Crippen molar-refractivity contribution < 1.29 is 0 Å². The molecule has 0 radical (unpaired) electrons. The third-order valence-corrected chi connectivity index (χ3v) is 3.16. The van der Waals surface area contributed by atoms with Crippen LogP contribution in [0.1, 0.15) is 51.0 Å². The van der Waals surface area contributed by atoms with Gasteiger partial charge in [0.25, 0.3) is 0 Å². The Balaban J connectivity index is 2.56. The number of aromatic nitrogens is 2. The van der Waals surface area contributed by atoms with E-state index in [1.807, 2.05) is 18.2 Å². The maximum Gasteiger partial charge on any atom is 0.110 e. The van der Waals surface area contributed by atoms with Gasteiger partial charge in [0.15, 0.2) is 0 Å². The van der Waals surface area contributed by atoms with Crippen LogP contribution in [0.15, 0.2) is 18.2 Å². The van der Waals surface area contributed by atoms with Crippen molar-refractivity contribution in [2.24, 2.45) is 0 Å². The zero-order valence-corrected chi connectivity index (χ0v) is 11.3. The average molecular weight is 241 g/mol. The first kappa shape index (κ1) is 12.6. The number of fused-ring (bicyclic) bond motifs is 1. The monoisotopic (exact) mass is 241 g/mol. The highest BCUT2D eigenvalue weighted by Gasteiger charge is 2.13. The van der Waals surface area contributed by atoms with Crippen molar-refractivity contribution in [3.63, 3.8) is 0 Å². The standard InChI is InChI=1S/C15H19N3/c1-4-5-6-15-17-13-9-12(10-16)7-8-14(13)18(15)11(2)3/h7-9,11H,4-6H2,1-3H3. The van der Waals surface area contributed by atoms with Gasteiger partial charge in [-0.1, -0.05) is 13.3 Å². The highest BCUT2D eigenvalue weighted by Crippen LogP contribution is 2.23. The second kappa shape index (κ2) is 5.22. The Morgan fingerprint density at radius 3 is 2.78 bits per heavy atom. The molecule has 0 aliphatic carbocycles. The minimum absolute atomic E-state index is 0.398. The molecule has 0 saturated carbocycles. The molecule has 1 aromatic carbocycles. The Bertz CT molecular complexity index is 588. The molecule has 0 amide bonds. The van der Waals surface area contributed by atoms with E-state index in [4.69, 9.17) is 10.2 Å². The molecule has 0 aliphatic heterocycles. The van der Waals surface area contributed by atoms with Crippen LogP contribution < -0.4 is 0 Å². The maximum atomic E-state index is 8.94. The normalized spacial score (nSPS) is 11.1. The smallest absolute Gasteiger partial charge is 0.110 e. The van der Waals surface area contributed by atoms with Gasteiger partial charge in [0.05, 0.1) is 22.7 Å². The van der Waals surface area contributed by atoms with E-state index in [-0.39, 0.29) is 0 Å². The Morgan fingerprint density at radius 2 is 2.17 bits per heavy atom. The van der Waals surface area contributed by atoms with Crippen LogP contribution in [-0.2, 0) is 6.42 Å². The minimum atomic E-state index is 0.398. The van der Waals surface area contributed by atoms with E-state index in [2.05, 4.69) is 31.4 Å². The quantitative estimate of drug-likeness (QED) is 0.816. The lowest BCUT2D eigenvalue weighted by Gasteiger charge is -2.12. The summed E-state index contributed by atoms with van der Waals surface area (Å²) in [4.78, 5) is 4.69. The fraction of sp³-hybridized carbons (Fsp3) is 0.467. The lowest BCUT2D eigenvalue weighted by Crippen LogP contribution is -2.06. The van der Waals surface area contributed by atoms with Crippen molar-refractivity contribution in [3.8, 4) is 6.07 Å². The number of imidazole rings is 1. The molecule has 18 heavy (non-hydrogen) atoms. The first-order valence-electron chi connectivity index (χ1n) is 6.58. The molecule has 0 saturated heterocycles. The van der Waals surface area contributed by atoms with Gasteiger partial charge < -0.3 is 4.57 Å². The molecular formula is C15H19N3. The van der Waals surface area contributed by atoms with Crippen molar-refractivity contribution in [3.05, 3.63) is 29.6 Å². The van der Waals surface area contributed by atoms with Crippen molar-refractivity contribution in [1.29, 1.82) is 5.26 Å². The largest absolute Gasteiger partial charge is 0.325 e. The van der Waals surface area contributed by atoms with E-state index in [9.17, 15) is 0 Å². The Labute approximate surface area is 108 Å². The van der Waals surface area contributed by atoms with E-state index in [1.54, 1.807) is 0 Å². The number of unbranched alkanes of at least 4 members (excludes halogenated alkanes) is 1. The van der Waals surface area contributed by atoms with E-state index in [1.165, 1.54) is 6.42 Å². The van der Waals surface area contributed by atoms with Crippen LogP contribution in [0.2, 0.25) is 0 Å². The summed E-state index contributed by atoms with van der Waals surface area (Å²) in [6.45, 7) is 6.54. The third-order valence-electron chi connectivity index (χ3n) is 3.16. The third kappa shape index (κ3) is 2.24. The first-order chi connectivity index (χ1) is 8.67. The summed E-state index contributed by atoms with van der Waals surface area (Å²) in [6.07, 6.45) is 3.33. The topological polar surface area (TPSA) is 41.6 Å². The van der Waals surface area contributed by atoms with Gasteiger partial charge in [-0.05, 0) is 38.5 Å². The Hall–Kier alpha value is -1.82. The first-order valence-corrected chi connectivity index (χ1v) is 6.58. The number of nitriles is 1. The molecule has 0 fully saturated rings. The van der Waals surface area contributed by atoms with Crippen molar-refractivity contribution in [2.45, 2.75) is 46.1 Å². The lowest BCUT2D eigenvalue weighted by atomic mass is 10.2. The summed E-state index contributed by atoms with van der Waals surface area (Å²) in [5.74, 6) is 1.14. The number of rotatable bonds is 4. The number of hydrogen-bond acceptors (Lipinski definition) is 2. The molecule has 0 atom stereocenters. The van der Waals surface area contributed by atoms with Gasteiger partial charge in [0, 0.05) is 12.5 Å². The highest BCUT2D eigenvalue weighted by atomic mass is 15.1. The predicted octanol–water partition coefficient (Wildman–Crippen LogP) is 3.83. The molecule has 3 heteroatoms. The summed E-state index contributed by atoms with van der Waals surface area (Å²) >= 11 is 0. The molecule has 1 heterocycles. The molecule has 0 spiro atoms. The Morgan fingerprint density at radius 1 is 1.39 bits per heavy atom. The number of hydrogen-bond donors (Lipinski definition) is 0. The number of benzene rings is 1. The molecule has 3 nitrogen and oxygen atoms in total. The van der Waals surface area contributed by atoms with Gasteiger partial charge in [0.1, 0.15) is 5.82 Å². The number of aryl methyl sites for hydroxylation is 1. The van der Waals surface area contributed by atoms with Crippen LogP contribution in [0, 0.1) is 11.3 Å². The van der Waals surface area contributed by atoms with Crippen LogP contribution in [0.3, 0.4) is 0 Å². The summed E-state index contributed by atoms with van der Waals surface area (Å²) < 4.78 is 2.28. The van der Waals surface area contributed by atoms with Gasteiger partial charge >= 0.3 is 0 Å². The van der Waals surface area contributed by atoms with Gasteiger partial charge in [0.2, 0.25) is 0 Å². The van der Waals surface area contributed by atoms with E-state index >= 15 is 0 Å². The summed E-state index contributed by atoms with van der Waals surface area (Å²) in [6, 6.07) is 8.33. The SMILES string of the molecule is CCCCc1nc2cc(C#N)ccc2n1C(C)C. The van der Waals surface area contributed by atoms with E-state index < -0.39 is 0 Å². The van der Waals surface area contributed by atoms with Crippen molar-refractivity contribution in [1.82, 2.24) is 9.55 Å². The summed E-state index contributed by atoms with van der Waals surface area (Å²) in [7, 11) is 0. The molecule has 2 rings (SSSR count). The van der Waals surface area contributed by atoms with Gasteiger partial charge in [-0.25, -0.2) is 4.98 Å². The molecule has 94 valence electrons. The van der Waals surface area contributed by atoms with Gasteiger partial charge in [-0.15, -0.1) is 0 Å². The zero-order chi connectivity index (χ0) is 13.1.